The maximum atomic E-state index is 8.99. The molecule has 4 nitrogen and oxygen atoms in total. The first-order valence-electron chi connectivity index (χ1n) is 7.60. The van der Waals surface area contributed by atoms with Crippen LogP contribution in [0.2, 0.25) is 0 Å². The van der Waals surface area contributed by atoms with E-state index >= 15 is 0 Å². The molecule has 0 N–H and O–H groups in total. The Morgan fingerprint density at radius 2 is 1.92 bits per heavy atom. The predicted octanol–water partition coefficient (Wildman–Crippen LogP) is 4.66. The standard InChI is InChI=1S/C19H16N2O2S/c1-2-22-18-10-14(11-20)8-9-17(18)23-13-16-12-21-19(24-16)15-6-4-3-5-7-15/h3-10,12H,2,13H2,1H3. The molecule has 0 saturated carbocycles. The molecule has 2 aromatic carbocycles. The van der Waals surface area contributed by atoms with Crippen molar-refractivity contribution in [3.8, 4) is 28.1 Å². The van der Waals surface area contributed by atoms with Crippen molar-refractivity contribution in [1.29, 1.82) is 5.26 Å². The van der Waals surface area contributed by atoms with E-state index in [2.05, 4.69) is 11.1 Å². The quantitative estimate of drug-likeness (QED) is 0.657. The molecule has 120 valence electrons. The lowest BCUT2D eigenvalue weighted by molar-refractivity contribution is 0.271. The second kappa shape index (κ2) is 7.62. The van der Waals surface area contributed by atoms with Crippen molar-refractivity contribution >= 4 is 11.3 Å². The Labute approximate surface area is 144 Å². The van der Waals surface area contributed by atoms with Gasteiger partial charge >= 0.3 is 0 Å². The topological polar surface area (TPSA) is 55.1 Å². The highest BCUT2D eigenvalue weighted by Crippen LogP contribution is 2.30. The lowest BCUT2D eigenvalue weighted by Crippen LogP contribution is -1.99. The van der Waals surface area contributed by atoms with E-state index in [1.165, 1.54) is 0 Å². The predicted molar refractivity (Wildman–Crippen MR) is 94.2 cm³/mol. The lowest BCUT2D eigenvalue weighted by atomic mass is 10.2. The summed E-state index contributed by atoms with van der Waals surface area (Å²) in [6.07, 6.45) is 1.83. The zero-order valence-electron chi connectivity index (χ0n) is 13.2. The number of ether oxygens (including phenoxy) is 2. The first kappa shape index (κ1) is 16.0. The Bertz CT molecular complexity index is 853. The number of nitriles is 1. The molecule has 0 amide bonds. The van der Waals surface area contributed by atoms with E-state index in [1.54, 1.807) is 29.5 Å². The fraction of sp³-hybridized carbons (Fsp3) is 0.158. The summed E-state index contributed by atoms with van der Waals surface area (Å²) in [6.45, 7) is 2.83. The highest BCUT2D eigenvalue weighted by molar-refractivity contribution is 7.15. The van der Waals surface area contributed by atoms with Gasteiger partial charge in [-0.05, 0) is 19.1 Å². The van der Waals surface area contributed by atoms with Crippen LogP contribution in [0.25, 0.3) is 10.6 Å². The number of hydrogen-bond donors (Lipinski definition) is 0. The summed E-state index contributed by atoms with van der Waals surface area (Å²) in [4.78, 5) is 5.48. The molecule has 24 heavy (non-hydrogen) atoms. The van der Waals surface area contributed by atoms with E-state index in [0.29, 0.717) is 30.3 Å². The van der Waals surface area contributed by atoms with Crippen LogP contribution in [0.3, 0.4) is 0 Å². The van der Waals surface area contributed by atoms with Gasteiger partial charge in [-0.15, -0.1) is 11.3 Å². The third kappa shape index (κ3) is 3.73. The van der Waals surface area contributed by atoms with Crippen LogP contribution >= 0.6 is 11.3 Å². The summed E-state index contributed by atoms with van der Waals surface area (Å²) >= 11 is 1.60. The van der Waals surface area contributed by atoms with Gasteiger partial charge in [0.2, 0.25) is 0 Å². The maximum absolute atomic E-state index is 8.99. The van der Waals surface area contributed by atoms with E-state index in [4.69, 9.17) is 14.7 Å². The first-order valence-corrected chi connectivity index (χ1v) is 8.41. The number of hydrogen-bond acceptors (Lipinski definition) is 5. The van der Waals surface area contributed by atoms with Gasteiger partial charge in [-0.3, -0.25) is 0 Å². The summed E-state index contributed by atoms with van der Waals surface area (Å²) in [7, 11) is 0. The van der Waals surface area contributed by atoms with Gasteiger partial charge in [0.15, 0.2) is 11.5 Å². The summed E-state index contributed by atoms with van der Waals surface area (Å²) in [5, 5.41) is 9.96. The number of rotatable bonds is 6. The van der Waals surface area contributed by atoms with E-state index in [9.17, 15) is 0 Å². The van der Waals surface area contributed by atoms with Crippen molar-refractivity contribution in [2.75, 3.05) is 6.61 Å². The van der Waals surface area contributed by atoms with Gasteiger partial charge in [0, 0.05) is 17.8 Å². The molecular formula is C19H16N2O2S. The Morgan fingerprint density at radius 3 is 2.67 bits per heavy atom. The lowest BCUT2D eigenvalue weighted by Gasteiger charge is -2.11. The third-order valence-electron chi connectivity index (χ3n) is 3.32. The Morgan fingerprint density at radius 1 is 1.08 bits per heavy atom. The van der Waals surface area contributed by atoms with Gasteiger partial charge in [-0.25, -0.2) is 4.98 Å². The second-order valence-electron chi connectivity index (χ2n) is 4.99. The van der Waals surface area contributed by atoms with E-state index in [0.717, 1.165) is 15.4 Å². The molecule has 0 aliphatic carbocycles. The van der Waals surface area contributed by atoms with Gasteiger partial charge in [-0.1, -0.05) is 30.3 Å². The van der Waals surface area contributed by atoms with Gasteiger partial charge in [-0.2, -0.15) is 5.26 Å². The first-order chi connectivity index (χ1) is 11.8. The van der Waals surface area contributed by atoms with Crippen LogP contribution in [-0.4, -0.2) is 11.6 Å². The Hall–Kier alpha value is -2.84. The molecular weight excluding hydrogens is 320 g/mol. The summed E-state index contributed by atoms with van der Waals surface area (Å²) in [5.74, 6) is 1.22. The fourth-order valence-corrected chi connectivity index (χ4v) is 3.03. The minimum Gasteiger partial charge on any atom is -0.490 e. The van der Waals surface area contributed by atoms with Crippen LogP contribution in [0, 0.1) is 11.3 Å². The Balaban J connectivity index is 1.72. The molecule has 3 aromatic rings. The number of benzene rings is 2. The Kier molecular flexibility index (Phi) is 5.09. The van der Waals surface area contributed by atoms with Crippen molar-refractivity contribution in [2.45, 2.75) is 13.5 Å². The third-order valence-corrected chi connectivity index (χ3v) is 4.34. The molecule has 0 radical (unpaired) electrons. The minimum atomic E-state index is 0.413. The average molecular weight is 336 g/mol. The zero-order chi connectivity index (χ0) is 16.8. The summed E-state index contributed by atoms with van der Waals surface area (Å²) in [6, 6.07) is 17.4. The van der Waals surface area contributed by atoms with Crippen molar-refractivity contribution < 1.29 is 9.47 Å². The van der Waals surface area contributed by atoms with Gasteiger partial charge in [0.1, 0.15) is 11.6 Å². The van der Waals surface area contributed by atoms with Crippen molar-refractivity contribution in [3.05, 3.63) is 65.2 Å². The molecule has 0 saturated heterocycles. The SMILES string of the molecule is CCOc1cc(C#N)ccc1OCc1cnc(-c2ccccc2)s1. The molecule has 0 atom stereocenters. The average Bonchev–Trinajstić information content (AvgIpc) is 3.10. The molecule has 0 aliphatic rings. The van der Waals surface area contributed by atoms with Crippen LogP contribution in [0.4, 0.5) is 0 Å². The van der Waals surface area contributed by atoms with Crippen LogP contribution < -0.4 is 9.47 Å². The van der Waals surface area contributed by atoms with Crippen molar-refractivity contribution in [2.24, 2.45) is 0 Å². The summed E-state index contributed by atoms with van der Waals surface area (Å²) in [5.41, 5.74) is 1.65. The molecule has 5 heteroatoms. The normalized spacial score (nSPS) is 10.2. The number of aromatic nitrogens is 1. The highest BCUT2D eigenvalue weighted by atomic mass is 32.1. The molecule has 0 unspecified atom stereocenters. The van der Waals surface area contributed by atoms with E-state index < -0.39 is 0 Å². The van der Waals surface area contributed by atoms with Gasteiger partial charge < -0.3 is 9.47 Å². The highest BCUT2D eigenvalue weighted by Gasteiger charge is 2.09. The van der Waals surface area contributed by atoms with E-state index in [1.807, 2.05) is 43.5 Å². The van der Waals surface area contributed by atoms with Crippen LogP contribution in [0.15, 0.2) is 54.7 Å². The smallest absolute Gasteiger partial charge is 0.162 e. The van der Waals surface area contributed by atoms with Crippen LogP contribution in [0.5, 0.6) is 11.5 Å². The second-order valence-corrected chi connectivity index (χ2v) is 6.11. The largest absolute Gasteiger partial charge is 0.490 e. The molecule has 3 rings (SSSR count). The molecule has 1 aromatic heterocycles. The molecule has 0 spiro atoms. The fourth-order valence-electron chi connectivity index (χ4n) is 2.20. The van der Waals surface area contributed by atoms with Gasteiger partial charge in [0.05, 0.1) is 23.1 Å². The molecule has 0 aliphatic heterocycles. The number of nitrogens with zero attached hydrogens (tertiary/aromatic N) is 2. The zero-order valence-corrected chi connectivity index (χ0v) is 14.0. The minimum absolute atomic E-state index is 0.413. The van der Waals surface area contributed by atoms with Gasteiger partial charge in [0.25, 0.3) is 0 Å². The van der Waals surface area contributed by atoms with Crippen molar-refractivity contribution in [3.63, 3.8) is 0 Å². The molecule has 0 bridgehead atoms. The maximum Gasteiger partial charge on any atom is 0.162 e. The number of thiazole rings is 1. The summed E-state index contributed by atoms with van der Waals surface area (Å²) < 4.78 is 11.4. The van der Waals surface area contributed by atoms with Crippen LogP contribution in [-0.2, 0) is 6.61 Å². The van der Waals surface area contributed by atoms with Crippen LogP contribution in [0.1, 0.15) is 17.4 Å². The van der Waals surface area contributed by atoms with Crippen molar-refractivity contribution in [1.82, 2.24) is 4.98 Å². The molecule has 0 fully saturated rings. The molecule has 1 heterocycles. The monoisotopic (exact) mass is 336 g/mol. The van der Waals surface area contributed by atoms with E-state index in [-0.39, 0.29) is 0 Å².